The maximum atomic E-state index is 10.6. The third-order valence-electron chi connectivity index (χ3n) is 3.17. The summed E-state index contributed by atoms with van der Waals surface area (Å²) in [5, 5.41) is 0. The largest absolute Gasteiger partial charge is 0.347 e. The van der Waals surface area contributed by atoms with Crippen LogP contribution in [0.15, 0.2) is 30.3 Å². The molecule has 0 saturated carbocycles. The molecular weight excluding hydrogens is 200 g/mol. The van der Waals surface area contributed by atoms with Gasteiger partial charge in [0, 0.05) is 32.7 Å². The lowest BCUT2D eigenvalue weighted by molar-refractivity contribution is -0.118. The van der Waals surface area contributed by atoms with Gasteiger partial charge in [-0.2, -0.15) is 0 Å². The zero-order valence-electron chi connectivity index (χ0n) is 9.67. The maximum absolute atomic E-state index is 10.6. The third-order valence-corrected chi connectivity index (χ3v) is 3.17. The topological polar surface area (TPSA) is 23.6 Å². The molecule has 1 fully saturated rings. The Bertz CT molecular complexity index is 339. The number of nitrogens with zero attached hydrogens (tertiary/aromatic N) is 2. The van der Waals surface area contributed by atoms with Gasteiger partial charge in [-0.1, -0.05) is 30.3 Å². The van der Waals surface area contributed by atoms with Crippen molar-refractivity contribution in [3.8, 4) is 0 Å². The third kappa shape index (κ3) is 2.61. The van der Waals surface area contributed by atoms with Gasteiger partial charge in [0.15, 0.2) is 0 Å². The van der Waals surface area contributed by atoms with Crippen LogP contribution in [0.4, 0.5) is 0 Å². The molecule has 1 unspecified atom stereocenters. The van der Waals surface area contributed by atoms with Gasteiger partial charge < -0.3 is 4.90 Å². The highest BCUT2D eigenvalue weighted by Gasteiger charge is 2.28. The van der Waals surface area contributed by atoms with Crippen molar-refractivity contribution in [1.29, 1.82) is 0 Å². The predicted molar refractivity (Wildman–Crippen MR) is 64.0 cm³/mol. The number of hydrogen-bond donors (Lipinski definition) is 0. The second kappa shape index (κ2) is 5.12. The average molecular weight is 218 g/mol. The second-order valence-corrected chi connectivity index (χ2v) is 4.44. The van der Waals surface area contributed by atoms with Crippen molar-refractivity contribution in [2.75, 3.05) is 20.1 Å². The molecule has 1 aliphatic rings. The predicted octanol–water partition coefficient (Wildman–Crippen LogP) is 1.35. The number of carbonyl (C=O) groups excluding carboxylic acids is 1. The molecule has 0 aliphatic carbocycles. The SMILES string of the molecule is CN(C=O)CC1CCN1Cc1ccccc1. The van der Waals surface area contributed by atoms with E-state index in [1.54, 1.807) is 4.90 Å². The van der Waals surface area contributed by atoms with Gasteiger partial charge in [0.1, 0.15) is 0 Å². The summed E-state index contributed by atoms with van der Waals surface area (Å²) in [6, 6.07) is 11.0. The van der Waals surface area contributed by atoms with Crippen molar-refractivity contribution in [3.63, 3.8) is 0 Å². The van der Waals surface area contributed by atoms with Crippen LogP contribution >= 0.6 is 0 Å². The van der Waals surface area contributed by atoms with E-state index in [9.17, 15) is 4.79 Å². The molecular formula is C13H18N2O. The van der Waals surface area contributed by atoms with Crippen molar-refractivity contribution in [2.45, 2.75) is 19.0 Å². The van der Waals surface area contributed by atoms with Crippen LogP contribution in [-0.4, -0.2) is 42.4 Å². The number of likely N-dealkylation sites (tertiary alicyclic amines) is 1. The lowest BCUT2D eigenvalue weighted by Crippen LogP contribution is -2.52. The summed E-state index contributed by atoms with van der Waals surface area (Å²) in [5.41, 5.74) is 1.35. The lowest BCUT2D eigenvalue weighted by atomic mass is 10.0. The van der Waals surface area contributed by atoms with Crippen LogP contribution in [0.25, 0.3) is 0 Å². The molecule has 3 nitrogen and oxygen atoms in total. The van der Waals surface area contributed by atoms with Crippen LogP contribution in [0.3, 0.4) is 0 Å². The first-order valence-electron chi connectivity index (χ1n) is 5.73. The van der Waals surface area contributed by atoms with Crippen LogP contribution in [0.1, 0.15) is 12.0 Å². The first kappa shape index (κ1) is 11.1. The summed E-state index contributed by atoms with van der Waals surface area (Å²) >= 11 is 0. The van der Waals surface area contributed by atoms with E-state index < -0.39 is 0 Å². The Balaban J connectivity index is 1.85. The number of hydrogen-bond acceptors (Lipinski definition) is 2. The average Bonchev–Trinajstić information content (AvgIpc) is 2.32. The molecule has 1 aromatic rings. The smallest absolute Gasteiger partial charge is 0.209 e. The van der Waals surface area contributed by atoms with Crippen molar-refractivity contribution in [3.05, 3.63) is 35.9 Å². The molecule has 1 atom stereocenters. The van der Waals surface area contributed by atoms with E-state index >= 15 is 0 Å². The Kier molecular flexibility index (Phi) is 3.57. The van der Waals surface area contributed by atoms with E-state index in [0.717, 1.165) is 26.0 Å². The highest BCUT2D eigenvalue weighted by Crippen LogP contribution is 2.20. The summed E-state index contributed by atoms with van der Waals surface area (Å²) in [6.45, 7) is 2.99. The van der Waals surface area contributed by atoms with E-state index in [2.05, 4.69) is 29.2 Å². The Morgan fingerprint density at radius 2 is 2.19 bits per heavy atom. The van der Waals surface area contributed by atoms with Gasteiger partial charge >= 0.3 is 0 Å². The minimum Gasteiger partial charge on any atom is -0.347 e. The van der Waals surface area contributed by atoms with Crippen LogP contribution in [-0.2, 0) is 11.3 Å². The Labute approximate surface area is 96.7 Å². The molecule has 1 aromatic carbocycles. The summed E-state index contributed by atoms with van der Waals surface area (Å²) in [5.74, 6) is 0. The minimum absolute atomic E-state index is 0.537. The van der Waals surface area contributed by atoms with Gasteiger partial charge in [-0.25, -0.2) is 0 Å². The Morgan fingerprint density at radius 3 is 2.75 bits per heavy atom. The Morgan fingerprint density at radius 1 is 1.44 bits per heavy atom. The molecule has 0 aromatic heterocycles. The molecule has 1 saturated heterocycles. The minimum atomic E-state index is 0.537. The normalized spacial score (nSPS) is 20.2. The van der Waals surface area contributed by atoms with Crippen LogP contribution in [0, 0.1) is 0 Å². The molecule has 0 spiro atoms. The fourth-order valence-electron chi connectivity index (χ4n) is 2.10. The standard InChI is InChI=1S/C13H18N2O/c1-14(11-16)10-13-7-8-15(13)9-12-5-3-2-4-6-12/h2-6,11,13H,7-10H2,1H3. The fraction of sp³-hybridized carbons (Fsp3) is 0.462. The molecule has 0 radical (unpaired) electrons. The van der Waals surface area contributed by atoms with E-state index in [1.807, 2.05) is 13.1 Å². The first-order chi connectivity index (χ1) is 7.79. The van der Waals surface area contributed by atoms with Gasteiger partial charge in [-0.05, 0) is 12.0 Å². The molecule has 1 heterocycles. The quantitative estimate of drug-likeness (QED) is 0.696. The van der Waals surface area contributed by atoms with Gasteiger partial charge in [0.25, 0.3) is 0 Å². The van der Waals surface area contributed by atoms with Crippen molar-refractivity contribution < 1.29 is 4.79 Å². The number of likely N-dealkylation sites (N-methyl/N-ethyl adjacent to an activating group) is 1. The number of carbonyl (C=O) groups is 1. The molecule has 0 bridgehead atoms. The van der Waals surface area contributed by atoms with Crippen molar-refractivity contribution in [1.82, 2.24) is 9.80 Å². The van der Waals surface area contributed by atoms with Crippen LogP contribution < -0.4 is 0 Å². The summed E-state index contributed by atoms with van der Waals surface area (Å²) in [6.07, 6.45) is 2.10. The molecule has 86 valence electrons. The zero-order chi connectivity index (χ0) is 11.4. The van der Waals surface area contributed by atoms with E-state index in [0.29, 0.717) is 6.04 Å². The summed E-state index contributed by atoms with van der Waals surface area (Å²) < 4.78 is 0. The molecule has 1 amide bonds. The Hall–Kier alpha value is -1.35. The number of amides is 1. The van der Waals surface area contributed by atoms with Gasteiger partial charge in [0.2, 0.25) is 6.41 Å². The van der Waals surface area contributed by atoms with Crippen molar-refractivity contribution >= 4 is 6.41 Å². The molecule has 0 N–H and O–H groups in total. The lowest BCUT2D eigenvalue weighted by Gasteiger charge is -2.42. The van der Waals surface area contributed by atoms with E-state index in [4.69, 9.17) is 0 Å². The number of benzene rings is 1. The van der Waals surface area contributed by atoms with Crippen LogP contribution in [0.5, 0.6) is 0 Å². The maximum Gasteiger partial charge on any atom is 0.209 e. The zero-order valence-corrected chi connectivity index (χ0v) is 9.67. The van der Waals surface area contributed by atoms with Gasteiger partial charge in [-0.3, -0.25) is 9.69 Å². The highest BCUT2D eigenvalue weighted by molar-refractivity contribution is 5.46. The van der Waals surface area contributed by atoms with E-state index in [1.165, 1.54) is 12.0 Å². The van der Waals surface area contributed by atoms with Gasteiger partial charge in [-0.15, -0.1) is 0 Å². The summed E-state index contributed by atoms with van der Waals surface area (Å²) in [4.78, 5) is 14.7. The molecule has 16 heavy (non-hydrogen) atoms. The van der Waals surface area contributed by atoms with Crippen molar-refractivity contribution in [2.24, 2.45) is 0 Å². The molecule has 1 aliphatic heterocycles. The molecule has 2 rings (SSSR count). The highest BCUT2D eigenvalue weighted by atomic mass is 16.1. The van der Waals surface area contributed by atoms with E-state index in [-0.39, 0.29) is 0 Å². The second-order valence-electron chi connectivity index (χ2n) is 4.44. The first-order valence-corrected chi connectivity index (χ1v) is 5.73. The monoisotopic (exact) mass is 218 g/mol. The molecule has 3 heteroatoms. The summed E-state index contributed by atoms with van der Waals surface area (Å²) in [7, 11) is 1.84. The number of rotatable bonds is 5. The fourth-order valence-corrected chi connectivity index (χ4v) is 2.10. The van der Waals surface area contributed by atoms with Crippen LogP contribution in [0.2, 0.25) is 0 Å². The van der Waals surface area contributed by atoms with Gasteiger partial charge in [0.05, 0.1) is 0 Å².